The summed E-state index contributed by atoms with van der Waals surface area (Å²) >= 11 is 0. The Hall–Kier alpha value is -2.26. The third-order valence-electron chi connectivity index (χ3n) is 5.24. The Kier molecular flexibility index (Phi) is 4.51. The SMILES string of the molecule is CNC(=O)c1ccc(S(=O)(=O)NC2(c3noc(C4CC4)n3)CCCC2)cc1. The Morgan fingerprint density at radius 2 is 1.85 bits per heavy atom. The Labute approximate surface area is 157 Å². The highest BCUT2D eigenvalue weighted by Gasteiger charge is 2.44. The summed E-state index contributed by atoms with van der Waals surface area (Å²) in [4.78, 5) is 16.2. The second-order valence-corrected chi connectivity index (χ2v) is 8.91. The zero-order chi connectivity index (χ0) is 19.1. The molecule has 1 aromatic carbocycles. The van der Waals surface area contributed by atoms with E-state index in [0.717, 1.165) is 25.7 Å². The molecular formula is C18H22N4O4S. The van der Waals surface area contributed by atoms with Gasteiger partial charge in [0.15, 0.2) is 5.82 Å². The van der Waals surface area contributed by atoms with Gasteiger partial charge in [0.1, 0.15) is 0 Å². The van der Waals surface area contributed by atoms with Crippen LogP contribution in [0.15, 0.2) is 33.7 Å². The molecule has 0 spiro atoms. The first-order valence-electron chi connectivity index (χ1n) is 9.14. The highest BCUT2D eigenvalue weighted by atomic mass is 32.2. The number of carbonyl (C=O) groups is 1. The van der Waals surface area contributed by atoms with Crippen molar-refractivity contribution < 1.29 is 17.7 Å². The summed E-state index contributed by atoms with van der Waals surface area (Å²) in [6, 6.07) is 5.85. The molecule has 2 aromatic rings. The van der Waals surface area contributed by atoms with Crippen molar-refractivity contribution in [2.45, 2.75) is 54.9 Å². The van der Waals surface area contributed by atoms with Crippen LogP contribution in [0.2, 0.25) is 0 Å². The van der Waals surface area contributed by atoms with E-state index in [-0.39, 0.29) is 10.8 Å². The van der Waals surface area contributed by atoms with Gasteiger partial charge in [-0.3, -0.25) is 4.79 Å². The van der Waals surface area contributed by atoms with Crippen LogP contribution in [-0.4, -0.2) is 31.5 Å². The fourth-order valence-corrected chi connectivity index (χ4v) is 4.94. The molecule has 2 aliphatic carbocycles. The van der Waals surface area contributed by atoms with Crippen LogP contribution in [-0.2, 0) is 15.6 Å². The van der Waals surface area contributed by atoms with E-state index in [1.54, 1.807) is 0 Å². The molecule has 8 nitrogen and oxygen atoms in total. The van der Waals surface area contributed by atoms with Gasteiger partial charge in [-0.25, -0.2) is 8.42 Å². The van der Waals surface area contributed by atoms with Crippen molar-refractivity contribution in [2.24, 2.45) is 0 Å². The molecule has 4 rings (SSSR count). The second-order valence-electron chi connectivity index (χ2n) is 7.23. The molecule has 0 bridgehead atoms. The van der Waals surface area contributed by atoms with E-state index in [9.17, 15) is 13.2 Å². The van der Waals surface area contributed by atoms with Crippen LogP contribution in [0.3, 0.4) is 0 Å². The van der Waals surface area contributed by atoms with Crippen molar-refractivity contribution in [2.75, 3.05) is 7.05 Å². The number of benzene rings is 1. The maximum Gasteiger partial charge on any atom is 0.251 e. The van der Waals surface area contributed by atoms with Crippen LogP contribution >= 0.6 is 0 Å². The zero-order valence-electron chi connectivity index (χ0n) is 15.1. The zero-order valence-corrected chi connectivity index (χ0v) is 15.9. The number of sulfonamides is 1. The van der Waals surface area contributed by atoms with E-state index in [1.807, 2.05) is 0 Å². The maximum absolute atomic E-state index is 13.0. The highest BCUT2D eigenvalue weighted by molar-refractivity contribution is 7.89. The van der Waals surface area contributed by atoms with Crippen molar-refractivity contribution in [1.82, 2.24) is 20.2 Å². The lowest BCUT2D eigenvalue weighted by Gasteiger charge is -2.26. The monoisotopic (exact) mass is 390 g/mol. The minimum absolute atomic E-state index is 0.104. The van der Waals surface area contributed by atoms with E-state index in [4.69, 9.17) is 4.52 Å². The van der Waals surface area contributed by atoms with Gasteiger partial charge < -0.3 is 9.84 Å². The van der Waals surface area contributed by atoms with Gasteiger partial charge in [0.05, 0.1) is 10.4 Å². The van der Waals surface area contributed by atoms with Crippen LogP contribution < -0.4 is 10.0 Å². The van der Waals surface area contributed by atoms with E-state index in [2.05, 4.69) is 20.2 Å². The minimum Gasteiger partial charge on any atom is -0.355 e. The van der Waals surface area contributed by atoms with Crippen molar-refractivity contribution >= 4 is 15.9 Å². The average molecular weight is 390 g/mol. The first-order chi connectivity index (χ1) is 12.9. The number of rotatable bonds is 6. The Bertz CT molecular complexity index is 942. The molecule has 2 N–H and O–H groups in total. The van der Waals surface area contributed by atoms with Gasteiger partial charge in [0.25, 0.3) is 5.91 Å². The number of hydrogen-bond donors (Lipinski definition) is 2. The van der Waals surface area contributed by atoms with Crippen LogP contribution in [0, 0.1) is 0 Å². The smallest absolute Gasteiger partial charge is 0.251 e. The first-order valence-corrected chi connectivity index (χ1v) is 10.6. The summed E-state index contributed by atoms with van der Waals surface area (Å²) in [6.45, 7) is 0. The third kappa shape index (κ3) is 3.49. The molecule has 0 unspecified atom stereocenters. The molecule has 0 saturated heterocycles. The fraction of sp³-hybridized carbons (Fsp3) is 0.500. The first kappa shape index (κ1) is 18.1. The number of nitrogens with one attached hydrogen (secondary N) is 2. The lowest BCUT2D eigenvalue weighted by atomic mass is 9.98. The van der Waals surface area contributed by atoms with Gasteiger partial charge in [-0.2, -0.15) is 9.71 Å². The average Bonchev–Trinajstić information content (AvgIpc) is 3.20. The highest BCUT2D eigenvalue weighted by Crippen LogP contribution is 2.42. The molecule has 0 radical (unpaired) electrons. The molecule has 2 fully saturated rings. The molecule has 2 saturated carbocycles. The molecule has 0 aliphatic heterocycles. The summed E-state index contributed by atoms with van der Waals surface area (Å²) in [7, 11) is -2.27. The topological polar surface area (TPSA) is 114 Å². The van der Waals surface area contributed by atoms with E-state index in [1.165, 1.54) is 31.3 Å². The lowest BCUT2D eigenvalue weighted by molar-refractivity contribution is 0.0963. The molecular weight excluding hydrogens is 368 g/mol. The number of nitrogens with zero attached hydrogens (tertiary/aromatic N) is 2. The molecule has 1 aromatic heterocycles. The molecule has 0 atom stereocenters. The van der Waals surface area contributed by atoms with Gasteiger partial charge >= 0.3 is 0 Å². The summed E-state index contributed by atoms with van der Waals surface area (Å²) < 4.78 is 34.1. The second kappa shape index (κ2) is 6.72. The number of hydrogen-bond acceptors (Lipinski definition) is 6. The van der Waals surface area contributed by atoms with Gasteiger partial charge in [-0.05, 0) is 49.9 Å². The number of amides is 1. The lowest BCUT2D eigenvalue weighted by Crippen LogP contribution is -2.44. The molecule has 2 aliphatic rings. The Morgan fingerprint density at radius 1 is 1.19 bits per heavy atom. The summed E-state index contributed by atoms with van der Waals surface area (Å²) in [6.07, 6.45) is 5.13. The van der Waals surface area contributed by atoms with Gasteiger partial charge in [0.2, 0.25) is 15.9 Å². The van der Waals surface area contributed by atoms with E-state index >= 15 is 0 Å². The largest absolute Gasteiger partial charge is 0.355 e. The van der Waals surface area contributed by atoms with Gasteiger partial charge in [-0.15, -0.1) is 0 Å². The van der Waals surface area contributed by atoms with Crippen LogP contribution in [0.5, 0.6) is 0 Å². The van der Waals surface area contributed by atoms with Crippen LogP contribution in [0.4, 0.5) is 0 Å². The quantitative estimate of drug-likeness (QED) is 0.780. The predicted molar refractivity (Wildman–Crippen MR) is 96.6 cm³/mol. The van der Waals surface area contributed by atoms with Crippen LogP contribution in [0.25, 0.3) is 0 Å². The Morgan fingerprint density at radius 3 is 2.44 bits per heavy atom. The number of aromatic nitrogens is 2. The summed E-state index contributed by atoms with van der Waals surface area (Å²) in [5.74, 6) is 1.08. The van der Waals surface area contributed by atoms with Gasteiger partial charge in [-0.1, -0.05) is 18.0 Å². The minimum atomic E-state index is -3.80. The summed E-state index contributed by atoms with van der Waals surface area (Å²) in [5.41, 5.74) is -0.436. The normalized spacial score (nSPS) is 19.1. The Balaban J connectivity index is 1.61. The maximum atomic E-state index is 13.0. The molecule has 1 amide bonds. The third-order valence-corrected chi connectivity index (χ3v) is 6.79. The fourth-order valence-electron chi connectivity index (χ4n) is 3.52. The van der Waals surface area contributed by atoms with E-state index < -0.39 is 15.6 Å². The standard InChI is InChI=1S/C18H22N4O4S/c1-19-15(23)12-6-8-14(9-7-12)27(24,25)22-18(10-2-3-11-18)17-20-16(26-21-17)13-4-5-13/h6-9,13,22H,2-5,10-11H2,1H3,(H,19,23). The van der Waals surface area contributed by atoms with Crippen molar-refractivity contribution in [1.29, 1.82) is 0 Å². The number of carbonyl (C=O) groups excluding carboxylic acids is 1. The molecule has 1 heterocycles. The summed E-state index contributed by atoms with van der Waals surface area (Å²) in [5, 5.41) is 6.60. The van der Waals surface area contributed by atoms with Crippen molar-refractivity contribution in [3.05, 3.63) is 41.5 Å². The van der Waals surface area contributed by atoms with Crippen LogP contribution in [0.1, 0.15) is 66.5 Å². The molecule has 144 valence electrons. The predicted octanol–water partition coefficient (Wildman–Crippen LogP) is 2.05. The molecule has 27 heavy (non-hydrogen) atoms. The van der Waals surface area contributed by atoms with Crippen molar-refractivity contribution in [3.63, 3.8) is 0 Å². The molecule has 9 heteroatoms. The van der Waals surface area contributed by atoms with Gasteiger partial charge in [0, 0.05) is 18.5 Å². The van der Waals surface area contributed by atoms with Crippen molar-refractivity contribution in [3.8, 4) is 0 Å². The van der Waals surface area contributed by atoms with E-state index in [0.29, 0.717) is 36.0 Å².